The number of rotatable bonds is 6. The number of alkyl halides is 3. The minimum absolute atomic E-state index is 0.0213. The molecule has 0 spiro atoms. The fraction of sp³-hybridized carbons (Fsp3) is 0.316. The Morgan fingerprint density at radius 1 is 1.18 bits per heavy atom. The highest BCUT2D eigenvalue weighted by atomic mass is 19.4. The predicted octanol–water partition coefficient (Wildman–Crippen LogP) is 4.29. The van der Waals surface area contributed by atoms with Crippen molar-refractivity contribution in [3.05, 3.63) is 53.2 Å². The maximum absolute atomic E-state index is 13.3. The van der Waals surface area contributed by atoms with Gasteiger partial charge in [0, 0.05) is 18.3 Å². The number of carboxylic acids is 1. The molecule has 150 valence electrons. The number of anilines is 2. The Morgan fingerprint density at radius 3 is 2.25 bits per heavy atom. The zero-order chi connectivity index (χ0) is 21.1. The highest BCUT2D eigenvalue weighted by Crippen LogP contribution is 2.32. The first-order valence-corrected chi connectivity index (χ1v) is 8.53. The van der Waals surface area contributed by atoms with E-state index in [0.29, 0.717) is 12.6 Å². The molecule has 1 aromatic heterocycles. The van der Waals surface area contributed by atoms with Crippen molar-refractivity contribution >= 4 is 23.4 Å². The molecule has 2 aromatic rings. The number of aromatic carboxylic acids is 1. The van der Waals surface area contributed by atoms with Crippen LogP contribution in [0.2, 0.25) is 0 Å². The van der Waals surface area contributed by atoms with Crippen LogP contribution in [0.4, 0.5) is 24.7 Å². The first-order chi connectivity index (χ1) is 13.0. The third-order valence-electron chi connectivity index (χ3n) is 4.02. The molecule has 28 heavy (non-hydrogen) atoms. The number of hydrogen-bond acceptors (Lipinski definition) is 4. The highest BCUT2D eigenvalue weighted by Gasteiger charge is 2.33. The second kappa shape index (κ2) is 8.28. The van der Waals surface area contributed by atoms with E-state index in [4.69, 9.17) is 5.11 Å². The summed E-state index contributed by atoms with van der Waals surface area (Å²) in [5.41, 5.74) is -1.09. The van der Waals surface area contributed by atoms with Gasteiger partial charge in [0.2, 0.25) is 0 Å². The molecule has 9 heteroatoms. The van der Waals surface area contributed by atoms with Gasteiger partial charge in [0.1, 0.15) is 11.5 Å². The van der Waals surface area contributed by atoms with Crippen LogP contribution in [0, 0.1) is 0 Å². The molecule has 1 heterocycles. The van der Waals surface area contributed by atoms with Gasteiger partial charge in [-0.15, -0.1) is 0 Å². The topological polar surface area (TPSA) is 82.5 Å². The van der Waals surface area contributed by atoms with Crippen molar-refractivity contribution in [3.63, 3.8) is 0 Å². The molecule has 1 amide bonds. The number of aromatic nitrogens is 1. The first-order valence-electron chi connectivity index (χ1n) is 8.53. The Bertz CT molecular complexity index is 865. The Morgan fingerprint density at radius 2 is 1.79 bits per heavy atom. The molecular formula is C19H20F3N3O3. The minimum Gasteiger partial charge on any atom is -0.478 e. The fourth-order valence-corrected chi connectivity index (χ4v) is 2.63. The van der Waals surface area contributed by atoms with Crippen LogP contribution in [-0.2, 0) is 6.18 Å². The molecule has 0 bridgehead atoms. The quantitative estimate of drug-likeness (QED) is 0.763. The third kappa shape index (κ3) is 4.99. The summed E-state index contributed by atoms with van der Waals surface area (Å²) in [4.78, 5) is 29.1. The van der Waals surface area contributed by atoms with Crippen molar-refractivity contribution < 1.29 is 27.9 Å². The van der Waals surface area contributed by atoms with Gasteiger partial charge in [-0.3, -0.25) is 4.79 Å². The van der Waals surface area contributed by atoms with Gasteiger partial charge >= 0.3 is 12.1 Å². The largest absolute Gasteiger partial charge is 0.478 e. The number of amides is 1. The van der Waals surface area contributed by atoms with Crippen LogP contribution >= 0.6 is 0 Å². The maximum atomic E-state index is 13.3. The molecule has 0 saturated carbocycles. The van der Waals surface area contributed by atoms with Gasteiger partial charge in [-0.05, 0) is 57.2 Å². The van der Waals surface area contributed by atoms with E-state index in [1.54, 1.807) is 11.8 Å². The molecule has 2 N–H and O–H groups in total. The number of halogens is 3. The van der Waals surface area contributed by atoms with Crippen molar-refractivity contribution in [2.75, 3.05) is 16.8 Å². The molecule has 2 rings (SSSR count). The monoisotopic (exact) mass is 395 g/mol. The van der Waals surface area contributed by atoms with E-state index in [-0.39, 0.29) is 28.8 Å². The minimum atomic E-state index is -4.63. The van der Waals surface area contributed by atoms with E-state index in [1.165, 1.54) is 24.3 Å². The summed E-state index contributed by atoms with van der Waals surface area (Å²) in [5, 5.41) is 11.3. The number of benzene rings is 1. The van der Waals surface area contributed by atoms with E-state index < -0.39 is 23.6 Å². The van der Waals surface area contributed by atoms with Gasteiger partial charge in [-0.2, -0.15) is 13.2 Å². The predicted molar refractivity (Wildman–Crippen MR) is 98.7 cm³/mol. The zero-order valence-corrected chi connectivity index (χ0v) is 15.5. The smallest absolute Gasteiger partial charge is 0.416 e. The van der Waals surface area contributed by atoms with E-state index in [0.717, 1.165) is 6.07 Å². The normalized spacial score (nSPS) is 11.4. The Kier molecular flexibility index (Phi) is 6.27. The lowest BCUT2D eigenvalue weighted by atomic mass is 10.1. The Labute approximate surface area is 160 Å². The molecule has 0 fully saturated rings. The number of nitrogens with zero attached hydrogens (tertiary/aromatic N) is 2. The standard InChI is InChI=1S/C19H20F3N3O3/c1-4-25(11(2)3)16-10-13(19(20,21)22)9-15(24-16)17(26)23-14-7-5-12(6-8-14)18(27)28/h5-11H,4H2,1-3H3,(H,23,26)(H,27,28). The summed E-state index contributed by atoms with van der Waals surface area (Å²) < 4.78 is 39.9. The second-order valence-electron chi connectivity index (χ2n) is 6.31. The molecule has 0 aliphatic rings. The summed E-state index contributed by atoms with van der Waals surface area (Å²) in [7, 11) is 0. The molecule has 0 aliphatic heterocycles. The first kappa shape index (κ1) is 21.2. The van der Waals surface area contributed by atoms with Crippen molar-refractivity contribution in [1.82, 2.24) is 4.98 Å². The van der Waals surface area contributed by atoms with Gasteiger partial charge in [-0.25, -0.2) is 9.78 Å². The summed E-state index contributed by atoms with van der Waals surface area (Å²) in [6.45, 7) is 5.83. The van der Waals surface area contributed by atoms with E-state index in [1.807, 2.05) is 13.8 Å². The molecule has 0 atom stereocenters. The molecule has 0 unspecified atom stereocenters. The number of hydrogen-bond donors (Lipinski definition) is 2. The summed E-state index contributed by atoms with van der Waals surface area (Å²) in [6.07, 6.45) is -4.63. The summed E-state index contributed by atoms with van der Waals surface area (Å²) in [5.74, 6) is -1.90. The van der Waals surface area contributed by atoms with Gasteiger partial charge in [0.15, 0.2) is 0 Å². The van der Waals surface area contributed by atoms with Crippen LogP contribution in [0.25, 0.3) is 0 Å². The van der Waals surface area contributed by atoms with Gasteiger partial charge in [-0.1, -0.05) is 0 Å². The summed E-state index contributed by atoms with van der Waals surface area (Å²) >= 11 is 0. The molecular weight excluding hydrogens is 375 g/mol. The number of nitrogens with one attached hydrogen (secondary N) is 1. The van der Waals surface area contributed by atoms with Gasteiger partial charge in [0.05, 0.1) is 11.1 Å². The SMILES string of the molecule is CCN(c1cc(C(F)(F)F)cc(C(=O)Nc2ccc(C(=O)O)cc2)n1)C(C)C. The maximum Gasteiger partial charge on any atom is 0.416 e. The van der Waals surface area contributed by atoms with E-state index in [2.05, 4.69) is 10.3 Å². The van der Waals surface area contributed by atoms with Crippen molar-refractivity contribution in [2.24, 2.45) is 0 Å². The van der Waals surface area contributed by atoms with Crippen LogP contribution in [0.3, 0.4) is 0 Å². The van der Waals surface area contributed by atoms with Gasteiger partial charge in [0.25, 0.3) is 5.91 Å². The van der Waals surface area contributed by atoms with Crippen molar-refractivity contribution in [1.29, 1.82) is 0 Å². The van der Waals surface area contributed by atoms with Crippen molar-refractivity contribution in [3.8, 4) is 0 Å². The second-order valence-corrected chi connectivity index (χ2v) is 6.31. The fourth-order valence-electron chi connectivity index (χ4n) is 2.63. The Balaban J connectivity index is 2.39. The molecule has 0 saturated heterocycles. The highest BCUT2D eigenvalue weighted by molar-refractivity contribution is 6.03. The molecule has 1 aromatic carbocycles. The number of carbonyl (C=O) groups excluding carboxylic acids is 1. The number of carbonyl (C=O) groups is 2. The number of pyridine rings is 1. The third-order valence-corrected chi connectivity index (χ3v) is 4.02. The average molecular weight is 395 g/mol. The Hall–Kier alpha value is -3.10. The molecule has 0 radical (unpaired) electrons. The van der Waals surface area contributed by atoms with E-state index >= 15 is 0 Å². The van der Waals surface area contributed by atoms with Crippen LogP contribution in [0.15, 0.2) is 36.4 Å². The van der Waals surface area contributed by atoms with Crippen molar-refractivity contribution in [2.45, 2.75) is 33.0 Å². The summed E-state index contributed by atoms with van der Waals surface area (Å²) in [6, 6.07) is 6.76. The zero-order valence-electron chi connectivity index (χ0n) is 15.5. The van der Waals surface area contributed by atoms with Crippen LogP contribution in [0.1, 0.15) is 47.2 Å². The number of carboxylic acid groups (broad SMARTS) is 1. The van der Waals surface area contributed by atoms with Crippen LogP contribution < -0.4 is 10.2 Å². The van der Waals surface area contributed by atoms with E-state index in [9.17, 15) is 22.8 Å². The molecule has 0 aliphatic carbocycles. The molecule has 6 nitrogen and oxygen atoms in total. The lowest BCUT2D eigenvalue weighted by Crippen LogP contribution is -2.32. The van der Waals surface area contributed by atoms with Crippen LogP contribution in [-0.4, -0.2) is 34.6 Å². The lowest BCUT2D eigenvalue weighted by molar-refractivity contribution is -0.137. The van der Waals surface area contributed by atoms with Gasteiger partial charge < -0.3 is 15.3 Å². The van der Waals surface area contributed by atoms with Crippen LogP contribution in [0.5, 0.6) is 0 Å². The lowest BCUT2D eigenvalue weighted by Gasteiger charge is -2.27. The average Bonchev–Trinajstić information content (AvgIpc) is 2.61.